The monoisotopic (exact) mass is 299 g/mol. The summed E-state index contributed by atoms with van der Waals surface area (Å²) in [6.45, 7) is 0. The van der Waals surface area contributed by atoms with Gasteiger partial charge in [0.15, 0.2) is 0 Å². The third-order valence-corrected chi connectivity index (χ3v) is 4.38. The zero-order chi connectivity index (χ0) is 14.6. The third kappa shape index (κ3) is 4.17. The van der Waals surface area contributed by atoms with Crippen molar-refractivity contribution in [3.05, 3.63) is 34.4 Å². The van der Waals surface area contributed by atoms with E-state index in [4.69, 9.17) is 0 Å². The molecule has 110 valence electrons. The standard InChI is InChI=1S/C12H17N3O4S/c16-15(17)12-8-4-7-11(9-12)14-20(18,19)13-10-5-2-1-3-6-10/h4,7-10,13-14H,1-3,5-6H2. The average Bonchev–Trinajstić information content (AvgIpc) is 2.39. The van der Waals surface area contributed by atoms with E-state index >= 15 is 0 Å². The highest BCUT2D eigenvalue weighted by molar-refractivity contribution is 7.90. The van der Waals surface area contributed by atoms with Gasteiger partial charge in [-0.2, -0.15) is 13.1 Å². The fourth-order valence-corrected chi connectivity index (χ4v) is 3.48. The quantitative estimate of drug-likeness (QED) is 0.642. The zero-order valence-corrected chi connectivity index (χ0v) is 11.7. The van der Waals surface area contributed by atoms with Crippen molar-refractivity contribution in [1.29, 1.82) is 0 Å². The number of benzene rings is 1. The van der Waals surface area contributed by atoms with Gasteiger partial charge in [-0.1, -0.05) is 25.3 Å². The summed E-state index contributed by atoms with van der Waals surface area (Å²) in [4.78, 5) is 10.1. The molecule has 0 spiro atoms. The van der Waals surface area contributed by atoms with Crippen molar-refractivity contribution < 1.29 is 13.3 Å². The van der Waals surface area contributed by atoms with Gasteiger partial charge in [0.2, 0.25) is 0 Å². The molecule has 0 heterocycles. The van der Waals surface area contributed by atoms with Gasteiger partial charge in [0.25, 0.3) is 15.9 Å². The van der Waals surface area contributed by atoms with Gasteiger partial charge in [-0.05, 0) is 18.9 Å². The van der Waals surface area contributed by atoms with Crippen LogP contribution in [0.2, 0.25) is 0 Å². The minimum absolute atomic E-state index is 0.0556. The number of nitrogens with one attached hydrogen (secondary N) is 2. The molecule has 2 N–H and O–H groups in total. The molecule has 1 aromatic rings. The van der Waals surface area contributed by atoms with E-state index in [1.807, 2.05) is 0 Å². The zero-order valence-electron chi connectivity index (χ0n) is 10.9. The van der Waals surface area contributed by atoms with E-state index in [0.717, 1.165) is 32.1 Å². The van der Waals surface area contributed by atoms with Crippen LogP contribution in [-0.4, -0.2) is 19.4 Å². The summed E-state index contributed by atoms with van der Waals surface area (Å²) in [5, 5.41) is 10.6. The number of anilines is 1. The lowest BCUT2D eigenvalue weighted by Crippen LogP contribution is -2.39. The van der Waals surface area contributed by atoms with Crippen LogP contribution in [0.4, 0.5) is 11.4 Å². The van der Waals surface area contributed by atoms with Crippen LogP contribution in [0.1, 0.15) is 32.1 Å². The smallest absolute Gasteiger partial charge is 0.271 e. The number of hydrogen-bond acceptors (Lipinski definition) is 4. The van der Waals surface area contributed by atoms with Crippen LogP contribution in [0.3, 0.4) is 0 Å². The van der Waals surface area contributed by atoms with E-state index in [0.29, 0.717) is 0 Å². The molecule has 20 heavy (non-hydrogen) atoms. The maximum absolute atomic E-state index is 12.0. The van der Waals surface area contributed by atoms with Crippen molar-refractivity contribution >= 4 is 21.6 Å². The van der Waals surface area contributed by atoms with E-state index < -0.39 is 15.1 Å². The summed E-state index contributed by atoms with van der Waals surface area (Å²) < 4.78 is 28.8. The minimum atomic E-state index is -3.70. The first-order chi connectivity index (χ1) is 9.46. The molecule has 1 fully saturated rings. The van der Waals surface area contributed by atoms with Gasteiger partial charge < -0.3 is 0 Å². The van der Waals surface area contributed by atoms with E-state index in [-0.39, 0.29) is 17.4 Å². The Hall–Kier alpha value is -1.67. The molecule has 2 rings (SSSR count). The molecule has 1 aromatic carbocycles. The van der Waals surface area contributed by atoms with E-state index in [1.165, 1.54) is 24.3 Å². The van der Waals surface area contributed by atoms with Crippen molar-refractivity contribution in [2.24, 2.45) is 0 Å². The van der Waals surface area contributed by atoms with Crippen LogP contribution in [-0.2, 0) is 10.2 Å². The van der Waals surface area contributed by atoms with E-state index in [1.54, 1.807) is 0 Å². The summed E-state index contributed by atoms with van der Waals surface area (Å²) >= 11 is 0. The molecule has 1 aliphatic rings. The highest BCUT2D eigenvalue weighted by Crippen LogP contribution is 2.20. The van der Waals surface area contributed by atoms with Gasteiger partial charge in [-0.15, -0.1) is 0 Å². The maximum atomic E-state index is 12.0. The Labute approximate surface area is 117 Å². The lowest BCUT2D eigenvalue weighted by molar-refractivity contribution is -0.384. The number of non-ortho nitro benzene ring substituents is 1. The Bertz CT molecular complexity index is 582. The van der Waals surface area contributed by atoms with Crippen LogP contribution in [0.5, 0.6) is 0 Å². The van der Waals surface area contributed by atoms with Crippen molar-refractivity contribution in [3.63, 3.8) is 0 Å². The van der Waals surface area contributed by atoms with Gasteiger partial charge in [0.05, 0.1) is 10.6 Å². The van der Waals surface area contributed by atoms with Gasteiger partial charge >= 0.3 is 0 Å². The third-order valence-electron chi connectivity index (χ3n) is 3.24. The Balaban J connectivity index is 2.03. The second-order valence-corrected chi connectivity index (χ2v) is 6.31. The van der Waals surface area contributed by atoms with Crippen LogP contribution < -0.4 is 9.44 Å². The molecule has 0 radical (unpaired) electrons. The topological polar surface area (TPSA) is 101 Å². The SMILES string of the molecule is O=[N+]([O-])c1cccc(NS(=O)(=O)NC2CCCCC2)c1. The van der Waals surface area contributed by atoms with Gasteiger partial charge in [-0.25, -0.2) is 0 Å². The molecule has 0 aliphatic heterocycles. The first-order valence-electron chi connectivity index (χ1n) is 6.51. The fourth-order valence-electron chi connectivity index (χ4n) is 2.31. The summed E-state index contributed by atoms with van der Waals surface area (Å²) in [5.74, 6) is 0. The average molecular weight is 299 g/mol. The molecule has 0 aromatic heterocycles. The number of nitro benzene ring substituents is 1. The molecular weight excluding hydrogens is 282 g/mol. The maximum Gasteiger partial charge on any atom is 0.299 e. The Morgan fingerprint density at radius 3 is 2.55 bits per heavy atom. The molecule has 0 unspecified atom stereocenters. The van der Waals surface area contributed by atoms with Gasteiger partial charge in [0, 0.05) is 18.2 Å². The van der Waals surface area contributed by atoms with Crippen LogP contribution in [0.15, 0.2) is 24.3 Å². The molecule has 1 aliphatic carbocycles. The number of nitro groups is 1. The van der Waals surface area contributed by atoms with Crippen LogP contribution >= 0.6 is 0 Å². The van der Waals surface area contributed by atoms with E-state index in [9.17, 15) is 18.5 Å². The Morgan fingerprint density at radius 1 is 1.20 bits per heavy atom. The lowest BCUT2D eigenvalue weighted by Gasteiger charge is -2.22. The minimum Gasteiger partial charge on any atom is -0.271 e. The normalized spacial score (nSPS) is 16.8. The van der Waals surface area contributed by atoms with Crippen molar-refractivity contribution in [2.45, 2.75) is 38.1 Å². The van der Waals surface area contributed by atoms with E-state index in [2.05, 4.69) is 9.44 Å². The Morgan fingerprint density at radius 2 is 1.90 bits per heavy atom. The summed E-state index contributed by atoms with van der Waals surface area (Å²) in [5.41, 5.74) is 0.0328. The summed E-state index contributed by atoms with van der Waals surface area (Å²) in [6.07, 6.45) is 4.83. The largest absolute Gasteiger partial charge is 0.299 e. The lowest BCUT2D eigenvalue weighted by atomic mass is 9.96. The van der Waals surface area contributed by atoms with Crippen molar-refractivity contribution in [2.75, 3.05) is 4.72 Å². The number of nitrogens with zero attached hydrogens (tertiary/aromatic N) is 1. The molecule has 8 heteroatoms. The second-order valence-electron chi connectivity index (χ2n) is 4.87. The molecule has 1 saturated carbocycles. The highest BCUT2D eigenvalue weighted by Gasteiger charge is 2.20. The molecule has 7 nitrogen and oxygen atoms in total. The van der Waals surface area contributed by atoms with Crippen molar-refractivity contribution in [3.8, 4) is 0 Å². The molecule has 0 atom stereocenters. The second kappa shape index (κ2) is 6.19. The summed E-state index contributed by atoms with van der Waals surface area (Å²) in [6, 6.07) is 5.37. The predicted molar refractivity (Wildman–Crippen MR) is 75.6 cm³/mol. The molecular formula is C12H17N3O4S. The number of rotatable bonds is 5. The molecule has 0 amide bonds. The first-order valence-corrected chi connectivity index (χ1v) is 7.99. The van der Waals surface area contributed by atoms with Gasteiger partial charge in [-0.3, -0.25) is 14.8 Å². The number of hydrogen-bond donors (Lipinski definition) is 2. The Kier molecular flexibility index (Phi) is 4.56. The van der Waals surface area contributed by atoms with Crippen LogP contribution in [0.25, 0.3) is 0 Å². The van der Waals surface area contributed by atoms with Crippen molar-refractivity contribution in [1.82, 2.24) is 4.72 Å². The van der Waals surface area contributed by atoms with Gasteiger partial charge in [0.1, 0.15) is 0 Å². The summed E-state index contributed by atoms with van der Waals surface area (Å²) in [7, 11) is -3.70. The highest BCUT2D eigenvalue weighted by atomic mass is 32.2. The fraction of sp³-hybridized carbons (Fsp3) is 0.500. The van der Waals surface area contributed by atoms with Crippen LogP contribution in [0, 0.1) is 10.1 Å². The molecule has 0 bridgehead atoms. The predicted octanol–water partition coefficient (Wildman–Crippen LogP) is 2.17. The first kappa shape index (κ1) is 14.7. The molecule has 0 saturated heterocycles.